The van der Waals surface area contributed by atoms with Crippen LogP contribution in [-0.2, 0) is 9.59 Å². The van der Waals surface area contributed by atoms with Crippen LogP contribution in [0, 0.1) is 16.7 Å². The highest BCUT2D eigenvalue weighted by atomic mass is 33.1. The second-order valence-electron chi connectivity index (χ2n) is 7.65. The molecule has 3 aliphatic heterocycles. The Morgan fingerprint density at radius 3 is 2.71 bits per heavy atom. The van der Waals surface area contributed by atoms with Crippen molar-refractivity contribution in [1.82, 2.24) is 9.80 Å². The summed E-state index contributed by atoms with van der Waals surface area (Å²) in [6, 6.07) is 6.65. The first-order chi connectivity index (χ1) is 13.3. The molecule has 148 valence electrons. The van der Waals surface area contributed by atoms with Gasteiger partial charge in [0.2, 0.25) is 12.7 Å². The second-order valence-corrected chi connectivity index (χ2v) is 9.05. The van der Waals surface area contributed by atoms with Crippen LogP contribution in [0.1, 0.15) is 38.3 Å². The van der Waals surface area contributed by atoms with Crippen molar-refractivity contribution in [3.05, 3.63) is 23.8 Å². The second kappa shape index (κ2) is 6.49. The molecule has 7 nitrogen and oxygen atoms in total. The van der Waals surface area contributed by atoms with Crippen LogP contribution >= 0.6 is 22.5 Å². The van der Waals surface area contributed by atoms with Crippen molar-refractivity contribution in [1.29, 1.82) is 5.26 Å². The van der Waals surface area contributed by atoms with Gasteiger partial charge in [0.05, 0.1) is 17.5 Å². The van der Waals surface area contributed by atoms with E-state index in [1.165, 1.54) is 4.90 Å². The van der Waals surface area contributed by atoms with E-state index in [0.717, 1.165) is 16.4 Å². The molecule has 1 aromatic rings. The van der Waals surface area contributed by atoms with Crippen molar-refractivity contribution >= 4 is 34.3 Å². The van der Waals surface area contributed by atoms with Crippen molar-refractivity contribution < 1.29 is 19.1 Å². The predicted molar refractivity (Wildman–Crippen MR) is 107 cm³/mol. The van der Waals surface area contributed by atoms with Gasteiger partial charge in [-0.3, -0.25) is 9.59 Å². The van der Waals surface area contributed by atoms with E-state index in [4.69, 9.17) is 9.47 Å². The minimum absolute atomic E-state index is 0.138. The summed E-state index contributed by atoms with van der Waals surface area (Å²) in [6.45, 7) is 3.81. The zero-order valence-electron chi connectivity index (χ0n) is 15.8. The molecule has 0 spiro atoms. The van der Waals surface area contributed by atoms with Crippen molar-refractivity contribution in [3.8, 4) is 17.6 Å². The molecule has 28 heavy (non-hydrogen) atoms. The summed E-state index contributed by atoms with van der Waals surface area (Å²) in [5.41, 5.74) is -0.212. The molecular formula is C19H21N3O4S2. The SMILES string of the molecule is CC[C@@H]1C(=O)N2[C@@H](c3ccc4c(c3)OCO4)[C@@](C)(C#N)C[C@]2(SS)C(=O)N1C. The highest BCUT2D eigenvalue weighted by molar-refractivity contribution is 8.69. The molecule has 0 aromatic heterocycles. The van der Waals surface area contributed by atoms with Gasteiger partial charge in [-0.1, -0.05) is 23.8 Å². The van der Waals surface area contributed by atoms with Gasteiger partial charge in [-0.15, -0.1) is 11.7 Å². The zero-order valence-corrected chi connectivity index (χ0v) is 17.5. The lowest BCUT2D eigenvalue weighted by Gasteiger charge is -2.48. The number of benzene rings is 1. The van der Waals surface area contributed by atoms with Crippen molar-refractivity contribution in [2.75, 3.05) is 13.8 Å². The molecule has 2 saturated heterocycles. The van der Waals surface area contributed by atoms with Gasteiger partial charge >= 0.3 is 0 Å². The maximum atomic E-state index is 13.5. The van der Waals surface area contributed by atoms with Crippen LogP contribution in [0.2, 0.25) is 0 Å². The standard InChI is InChI=1S/C19H21N3O4S2/c1-4-12-16(23)22-15(11-5-6-13-14(7-11)26-10-25-13)18(2,9-20)8-19(22,28-27)17(24)21(12)3/h5-7,12,15,27H,4,8,10H2,1-3H3/t12-,15+,18-,19+/m1/s1. The molecule has 2 amide bonds. The molecule has 0 aliphatic carbocycles. The summed E-state index contributed by atoms with van der Waals surface area (Å²) in [5, 5.41) is 10.1. The summed E-state index contributed by atoms with van der Waals surface area (Å²) in [7, 11) is 2.68. The molecular weight excluding hydrogens is 398 g/mol. The summed E-state index contributed by atoms with van der Waals surface area (Å²) in [4.78, 5) is 28.7. The number of carbonyl (C=O) groups excluding carboxylic acids is 2. The van der Waals surface area contributed by atoms with Gasteiger partial charge in [-0.05, 0) is 31.0 Å². The number of nitriles is 1. The van der Waals surface area contributed by atoms with Crippen LogP contribution < -0.4 is 9.47 Å². The Kier molecular flexibility index (Phi) is 4.47. The third kappa shape index (κ3) is 2.37. The van der Waals surface area contributed by atoms with Gasteiger partial charge in [0.15, 0.2) is 16.4 Å². The molecule has 0 bridgehead atoms. The largest absolute Gasteiger partial charge is 0.454 e. The average Bonchev–Trinajstić information content (AvgIpc) is 3.27. The number of nitrogens with zero attached hydrogens (tertiary/aromatic N) is 3. The highest BCUT2D eigenvalue weighted by Gasteiger charge is 2.68. The number of amides is 2. The van der Waals surface area contributed by atoms with E-state index >= 15 is 0 Å². The van der Waals surface area contributed by atoms with E-state index in [1.807, 2.05) is 13.0 Å². The maximum Gasteiger partial charge on any atom is 0.260 e. The Balaban J connectivity index is 1.90. The number of fused-ring (bicyclic) bond motifs is 2. The van der Waals surface area contributed by atoms with E-state index in [0.29, 0.717) is 17.9 Å². The average molecular weight is 420 g/mol. The van der Waals surface area contributed by atoms with Crippen LogP contribution in [0.15, 0.2) is 18.2 Å². The number of hydrogen-bond acceptors (Lipinski definition) is 7. The first kappa shape index (κ1) is 19.3. The van der Waals surface area contributed by atoms with E-state index in [9.17, 15) is 14.9 Å². The van der Waals surface area contributed by atoms with E-state index in [2.05, 4.69) is 17.7 Å². The van der Waals surface area contributed by atoms with Crippen LogP contribution in [0.3, 0.4) is 0 Å². The smallest absolute Gasteiger partial charge is 0.260 e. The molecule has 0 unspecified atom stereocenters. The molecule has 2 fully saturated rings. The number of ether oxygens (including phenoxy) is 2. The number of rotatable bonds is 3. The fraction of sp³-hybridized carbons (Fsp3) is 0.526. The first-order valence-corrected chi connectivity index (χ1v) is 10.9. The maximum absolute atomic E-state index is 13.5. The topological polar surface area (TPSA) is 82.9 Å². The molecule has 9 heteroatoms. The Hall–Kier alpha value is -2.05. The lowest BCUT2D eigenvalue weighted by molar-refractivity contribution is -0.162. The van der Waals surface area contributed by atoms with Crippen molar-refractivity contribution in [3.63, 3.8) is 0 Å². The normalized spacial score (nSPS) is 33.8. The van der Waals surface area contributed by atoms with Crippen LogP contribution in [-0.4, -0.2) is 46.4 Å². The van der Waals surface area contributed by atoms with Crippen LogP contribution in [0.4, 0.5) is 0 Å². The van der Waals surface area contributed by atoms with Crippen LogP contribution in [0.25, 0.3) is 0 Å². The lowest BCUT2D eigenvalue weighted by Crippen LogP contribution is -2.66. The molecule has 3 aliphatic rings. The van der Waals surface area contributed by atoms with Crippen molar-refractivity contribution in [2.24, 2.45) is 5.41 Å². The summed E-state index contributed by atoms with van der Waals surface area (Å²) in [5.74, 6) is 0.854. The Morgan fingerprint density at radius 1 is 1.36 bits per heavy atom. The van der Waals surface area contributed by atoms with Gasteiger partial charge in [-0.25, -0.2) is 0 Å². The lowest BCUT2D eigenvalue weighted by atomic mass is 9.79. The van der Waals surface area contributed by atoms with Gasteiger partial charge in [0, 0.05) is 13.5 Å². The number of carbonyl (C=O) groups is 2. The van der Waals surface area contributed by atoms with Gasteiger partial charge in [0.25, 0.3) is 5.91 Å². The summed E-state index contributed by atoms with van der Waals surface area (Å²) in [6.07, 6.45) is 0.705. The van der Waals surface area contributed by atoms with E-state index in [1.54, 1.807) is 31.0 Å². The number of hydrogen-bond donors (Lipinski definition) is 1. The quantitative estimate of drug-likeness (QED) is 0.599. The molecule has 4 rings (SSSR count). The van der Waals surface area contributed by atoms with E-state index in [-0.39, 0.29) is 25.0 Å². The molecule has 3 heterocycles. The molecule has 0 saturated carbocycles. The van der Waals surface area contributed by atoms with Crippen molar-refractivity contribution in [2.45, 2.75) is 43.6 Å². The molecule has 0 N–H and O–H groups in total. The predicted octanol–water partition coefficient (Wildman–Crippen LogP) is 2.74. The molecule has 0 radical (unpaired) electrons. The van der Waals surface area contributed by atoms with Gasteiger partial charge < -0.3 is 19.3 Å². The summed E-state index contributed by atoms with van der Waals surface area (Å²) < 4.78 is 10.9. The van der Waals surface area contributed by atoms with E-state index < -0.39 is 22.4 Å². The third-order valence-electron chi connectivity index (χ3n) is 6.01. The number of thiol groups is 1. The Bertz CT molecular complexity index is 904. The van der Waals surface area contributed by atoms with Gasteiger partial charge in [-0.2, -0.15) is 5.26 Å². The monoisotopic (exact) mass is 419 g/mol. The number of piperazine rings is 1. The zero-order chi connectivity index (χ0) is 20.3. The minimum Gasteiger partial charge on any atom is -0.454 e. The fourth-order valence-electron chi connectivity index (χ4n) is 4.66. The molecule has 4 atom stereocenters. The Morgan fingerprint density at radius 2 is 2.07 bits per heavy atom. The highest BCUT2D eigenvalue weighted by Crippen LogP contribution is 2.61. The molecule has 1 aromatic carbocycles. The summed E-state index contributed by atoms with van der Waals surface area (Å²) >= 11 is 4.38. The van der Waals surface area contributed by atoms with Crippen LogP contribution in [0.5, 0.6) is 11.5 Å². The minimum atomic E-state index is -1.22. The fourth-order valence-corrected chi connectivity index (χ4v) is 6.23. The van der Waals surface area contributed by atoms with Gasteiger partial charge in [0.1, 0.15) is 6.04 Å². The Labute approximate surface area is 172 Å². The first-order valence-electron chi connectivity index (χ1n) is 9.07. The number of likely N-dealkylation sites (N-methyl/N-ethyl adjacent to an activating group) is 1. The third-order valence-corrected chi connectivity index (χ3v) is 7.73.